The molecule has 0 radical (unpaired) electrons. The monoisotopic (exact) mass is 500 g/mol. The molecule has 1 aliphatic rings. The Balaban J connectivity index is 1.67. The maximum Gasteiger partial charge on any atom is 0.339 e. The number of carbonyl (C=O) groups is 3. The molecule has 1 heterocycles. The van der Waals surface area contributed by atoms with Crippen LogP contribution in [-0.2, 0) is 18.9 Å². The minimum Gasteiger partial charge on any atom is -0.459 e. The number of esters is 3. The maximum absolute atomic E-state index is 13.1. The minimum atomic E-state index is -2.20. The highest BCUT2D eigenvalue weighted by Crippen LogP contribution is 2.42. The molecule has 4 rings (SSSR count). The molecule has 0 aromatic heterocycles. The van der Waals surface area contributed by atoms with Gasteiger partial charge in [-0.1, -0.05) is 60.5 Å². The van der Waals surface area contributed by atoms with Gasteiger partial charge in [0, 0.05) is 0 Å². The summed E-state index contributed by atoms with van der Waals surface area (Å²) in [5.74, 6) is -2.20. The summed E-state index contributed by atoms with van der Waals surface area (Å²) in [7, 11) is 0. The van der Waals surface area contributed by atoms with Crippen molar-refractivity contribution in [2.75, 3.05) is 6.61 Å². The molecule has 0 amide bonds. The fourth-order valence-corrected chi connectivity index (χ4v) is 4.02. The third-order valence-corrected chi connectivity index (χ3v) is 5.84. The van der Waals surface area contributed by atoms with Crippen LogP contribution in [0.4, 0.5) is 0 Å². The Morgan fingerprint density at radius 2 is 1.30 bits per heavy atom. The molecule has 4 atom stereocenters. The van der Waals surface area contributed by atoms with Crippen molar-refractivity contribution >= 4 is 17.9 Å². The van der Waals surface area contributed by atoms with Crippen molar-refractivity contribution in [3.63, 3.8) is 0 Å². The van der Waals surface area contributed by atoms with Gasteiger partial charge in [-0.05, 0) is 43.3 Å². The Kier molecular flexibility index (Phi) is 7.39. The van der Waals surface area contributed by atoms with E-state index in [0.717, 1.165) is 0 Å². The largest absolute Gasteiger partial charge is 0.459 e. The normalized spacial score (nSPS) is 24.5. The summed E-state index contributed by atoms with van der Waals surface area (Å²) in [5.41, 5.74) is -1.53. The van der Waals surface area contributed by atoms with E-state index < -0.39 is 48.1 Å². The smallest absolute Gasteiger partial charge is 0.339 e. The highest BCUT2D eigenvalue weighted by molar-refractivity contribution is 5.91. The molecule has 3 aromatic rings. The van der Waals surface area contributed by atoms with Gasteiger partial charge in [-0.2, -0.15) is 0 Å². The van der Waals surface area contributed by atoms with E-state index in [9.17, 15) is 19.5 Å². The van der Waals surface area contributed by atoms with Crippen molar-refractivity contribution in [2.24, 2.45) is 0 Å². The van der Waals surface area contributed by atoms with Crippen molar-refractivity contribution in [3.05, 3.63) is 108 Å². The second-order valence-corrected chi connectivity index (χ2v) is 8.47. The van der Waals surface area contributed by atoms with Gasteiger partial charge in [0.25, 0.3) is 0 Å². The molecule has 188 valence electrons. The van der Waals surface area contributed by atoms with E-state index in [-0.39, 0.29) is 16.7 Å². The summed E-state index contributed by atoms with van der Waals surface area (Å²) in [5, 5.41) is 11.1. The van der Waals surface area contributed by atoms with E-state index in [1.807, 2.05) is 0 Å². The quantitative estimate of drug-likeness (QED) is 0.299. The lowest BCUT2D eigenvalue weighted by atomic mass is 9.89. The number of benzene rings is 3. The van der Waals surface area contributed by atoms with E-state index in [1.54, 1.807) is 66.7 Å². The van der Waals surface area contributed by atoms with Crippen LogP contribution in [0.25, 0.3) is 0 Å². The van der Waals surface area contributed by atoms with E-state index in [0.29, 0.717) is 0 Å². The number of terminal acetylenes is 1. The summed E-state index contributed by atoms with van der Waals surface area (Å²) in [6.45, 7) is 0.715. The number of ether oxygens (including phenoxy) is 4. The number of aliphatic hydroxyl groups is 1. The lowest BCUT2D eigenvalue weighted by molar-refractivity contribution is -0.218. The standard InChI is InChI=1S/C29H24O8/c1-3-29(37-26(32)22-17-11-6-12-18-22)23(19-34-24(30)20-13-7-4-8-14-20)36-28(2,33)27(29)35-25(31)21-15-9-5-10-16-21/h1,4-18,23,27,33H,19H2,2H3/t23-,27+,28?,29-/m1/s1. The Morgan fingerprint density at radius 3 is 1.78 bits per heavy atom. The molecule has 37 heavy (non-hydrogen) atoms. The molecule has 0 saturated carbocycles. The predicted molar refractivity (Wildman–Crippen MR) is 131 cm³/mol. The van der Waals surface area contributed by atoms with E-state index in [4.69, 9.17) is 25.4 Å². The Labute approximate surface area is 213 Å². The molecule has 0 bridgehead atoms. The lowest BCUT2D eigenvalue weighted by Gasteiger charge is -2.33. The van der Waals surface area contributed by atoms with Gasteiger partial charge in [-0.15, -0.1) is 6.42 Å². The van der Waals surface area contributed by atoms with Gasteiger partial charge in [0.05, 0.1) is 16.7 Å². The SMILES string of the molecule is C#C[C@@]1(OC(=O)c2ccccc2)[C@@H](COC(=O)c2ccccc2)OC(C)(O)[C@@H]1OC(=O)c1ccccc1. The van der Waals surface area contributed by atoms with Gasteiger partial charge >= 0.3 is 17.9 Å². The van der Waals surface area contributed by atoms with Gasteiger partial charge < -0.3 is 24.1 Å². The number of rotatable bonds is 7. The highest BCUT2D eigenvalue weighted by Gasteiger charge is 2.67. The van der Waals surface area contributed by atoms with Crippen LogP contribution in [0, 0.1) is 12.3 Å². The Hall–Kier alpha value is -4.45. The molecule has 0 aliphatic carbocycles. The van der Waals surface area contributed by atoms with Crippen molar-refractivity contribution in [1.29, 1.82) is 0 Å². The van der Waals surface area contributed by atoms with Gasteiger partial charge in [0.1, 0.15) is 6.61 Å². The first-order valence-electron chi connectivity index (χ1n) is 11.4. The van der Waals surface area contributed by atoms with Crippen LogP contribution in [0.5, 0.6) is 0 Å². The molecule has 1 unspecified atom stereocenters. The van der Waals surface area contributed by atoms with Crippen LogP contribution in [-0.4, -0.2) is 53.2 Å². The average Bonchev–Trinajstić information content (AvgIpc) is 3.14. The van der Waals surface area contributed by atoms with E-state index in [1.165, 1.54) is 31.2 Å². The Bertz CT molecular complexity index is 1300. The third-order valence-electron chi connectivity index (χ3n) is 5.84. The predicted octanol–water partition coefficient (Wildman–Crippen LogP) is 3.41. The zero-order valence-corrected chi connectivity index (χ0v) is 19.9. The van der Waals surface area contributed by atoms with E-state index >= 15 is 0 Å². The third kappa shape index (κ3) is 5.38. The first-order valence-corrected chi connectivity index (χ1v) is 11.4. The number of hydrogen-bond donors (Lipinski definition) is 1. The summed E-state index contributed by atoms with van der Waals surface area (Å²) in [4.78, 5) is 38.6. The summed E-state index contributed by atoms with van der Waals surface area (Å²) in [6, 6.07) is 24.2. The second kappa shape index (κ2) is 10.7. The highest BCUT2D eigenvalue weighted by atomic mass is 16.7. The molecular weight excluding hydrogens is 476 g/mol. The first kappa shape index (κ1) is 25.6. The van der Waals surface area contributed by atoms with Crippen molar-refractivity contribution < 1.29 is 38.4 Å². The van der Waals surface area contributed by atoms with Gasteiger partial charge in [-0.25, -0.2) is 14.4 Å². The van der Waals surface area contributed by atoms with Crippen LogP contribution < -0.4 is 0 Å². The van der Waals surface area contributed by atoms with Gasteiger partial charge in [0.2, 0.25) is 17.5 Å². The fourth-order valence-electron chi connectivity index (χ4n) is 4.02. The molecule has 8 nitrogen and oxygen atoms in total. The average molecular weight is 501 g/mol. The minimum absolute atomic E-state index is 0.164. The molecular formula is C29H24O8. The van der Waals surface area contributed by atoms with Gasteiger partial charge in [0.15, 0.2) is 6.10 Å². The molecule has 0 spiro atoms. The van der Waals surface area contributed by atoms with Crippen LogP contribution in [0.3, 0.4) is 0 Å². The fraction of sp³-hybridized carbons (Fsp3) is 0.207. The first-order chi connectivity index (χ1) is 17.8. The number of carbonyl (C=O) groups excluding carboxylic acids is 3. The molecule has 1 N–H and O–H groups in total. The molecule has 1 fully saturated rings. The maximum atomic E-state index is 13.1. The summed E-state index contributed by atoms with van der Waals surface area (Å²) < 4.78 is 22.4. The lowest BCUT2D eigenvalue weighted by Crippen LogP contribution is -2.56. The molecule has 1 aliphatic heterocycles. The molecule has 8 heteroatoms. The topological polar surface area (TPSA) is 108 Å². The summed E-state index contributed by atoms with van der Waals surface area (Å²) >= 11 is 0. The van der Waals surface area contributed by atoms with Gasteiger partial charge in [-0.3, -0.25) is 0 Å². The summed E-state index contributed by atoms with van der Waals surface area (Å²) in [6.07, 6.45) is 2.84. The van der Waals surface area contributed by atoms with Crippen LogP contribution in [0.2, 0.25) is 0 Å². The van der Waals surface area contributed by atoms with Crippen molar-refractivity contribution in [1.82, 2.24) is 0 Å². The molecule has 1 saturated heterocycles. The van der Waals surface area contributed by atoms with Crippen LogP contribution >= 0.6 is 0 Å². The zero-order chi connectivity index (χ0) is 26.5. The zero-order valence-electron chi connectivity index (χ0n) is 19.9. The van der Waals surface area contributed by atoms with Crippen LogP contribution in [0.1, 0.15) is 38.0 Å². The van der Waals surface area contributed by atoms with E-state index in [2.05, 4.69) is 5.92 Å². The van der Waals surface area contributed by atoms with Crippen LogP contribution in [0.15, 0.2) is 91.0 Å². The van der Waals surface area contributed by atoms with Crippen molar-refractivity contribution in [2.45, 2.75) is 30.5 Å². The number of hydrogen-bond acceptors (Lipinski definition) is 8. The van der Waals surface area contributed by atoms with Crippen molar-refractivity contribution in [3.8, 4) is 12.3 Å². The molecule has 3 aromatic carbocycles. The second-order valence-electron chi connectivity index (χ2n) is 8.47. The Morgan fingerprint density at radius 1 is 0.838 bits per heavy atom.